The summed E-state index contributed by atoms with van der Waals surface area (Å²) in [6.07, 6.45) is 3.35. The van der Waals surface area contributed by atoms with Crippen LogP contribution in [-0.2, 0) is 5.66 Å². The number of hydrogen-bond donors (Lipinski definition) is 0. The lowest BCUT2D eigenvalue weighted by Crippen LogP contribution is -2.04. The van der Waals surface area contributed by atoms with Gasteiger partial charge in [0.2, 0.25) is 0 Å². The zero-order valence-corrected chi connectivity index (χ0v) is 16.8. The van der Waals surface area contributed by atoms with Crippen LogP contribution in [0, 0.1) is 13.8 Å². The smallest absolute Gasteiger partial charge is 0.256 e. The number of halogens is 3. The highest BCUT2D eigenvalue weighted by molar-refractivity contribution is 7.17. The molecule has 0 spiro atoms. The molecule has 0 fully saturated rings. The van der Waals surface area contributed by atoms with Gasteiger partial charge in [-0.15, -0.1) is 0 Å². The Labute approximate surface area is 163 Å². The molecule has 0 aliphatic rings. The van der Waals surface area contributed by atoms with Crippen LogP contribution in [0.4, 0.5) is 8.78 Å². The zero-order valence-electron chi connectivity index (χ0n) is 14.9. The normalized spacial score (nSPS) is 11.3. The van der Waals surface area contributed by atoms with E-state index < -0.39 is 5.66 Å². The third-order valence-corrected chi connectivity index (χ3v) is 4.82. The highest BCUT2D eigenvalue weighted by Gasteiger charge is 2.27. The molecule has 0 N–H and O–H groups in total. The van der Waals surface area contributed by atoms with Crippen molar-refractivity contribution in [3.63, 3.8) is 0 Å². The molecular formula is C21H18ClF2N2P. The molecule has 1 unspecified atom stereocenters. The van der Waals surface area contributed by atoms with Crippen LogP contribution in [0.1, 0.15) is 16.7 Å². The Morgan fingerprint density at radius 1 is 0.889 bits per heavy atom. The molecule has 0 bridgehead atoms. The van der Waals surface area contributed by atoms with Crippen molar-refractivity contribution in [3.05, 3.63) is 82.6 Å². The third kappa shape index (κ3) is 4.40. The van der Waals surface area contributed by atoms with Gasteiger partial charge in [0, 0.05) is 28.2 Å². The van der Waals surface area contributed by atoms with Crippen molar-refractivity contribution in [2.45, 2.75) is 19.5 Å². The number of nitrogens with zero attached hydrogens (tertiary/aromatic N) is 2. The van der Waals surface area contributed by atoms with Crippen LogP contribution >= 0.6 is 20.8 Å². The second kappa shape index (κ2) is 7.84. The SMILES string of the molecule is Cc1ccnc2c(C(F)(F)P)cccc12.Cc1ccnc2cc(Cl)ccc12. The molecule has 138 valence electrons. The highest BCUT2D eigenvalue weighted by Crippen LogP contribution is 2.38. The van der Waals surface area contributed by atoms with Crippen molar-refractivity contribution in [1.29, 1.82) is 0 Å². The third-order valence-electron chi connectivity index (χ3n) is 4.27. The van der Waals surface area contributed by atoms with Crippen LogP contribution in [0.3, 0.4) is 0 Å². The van der Waals surface area contributed by atoms with Gasteiger partial charge >= 0.3 is 0 Å². The fourth-order valence-electron chi connectivity index (χ4n) is 2.85. The van der Waals surface area contributed by atoms with Crippen molar-refractivity contribution in [2.24, 2.45) is 0 Å². The fourth-order valence-corrected chi connectivity index (χ4v) is 3.25. The lowest BCUT2D eigenvalue weighted by atomic mass is 10.1. The first-order valence-electron chi connectivity index (χ1n) is 8.30. The Morgan fingerprint density at radius 3 is 2.26 bits per heavy atom. The van der Waals surface area contributed by atoms with E-state index in [4.69, 9.17) is 11.6 Å². The van der Waals surface area contributed by atoms with Gasteiger partial charge in [-0.25, -0.2) is 0 Å². The van der Waals surface area contributed by atoms with Crippen molar-refractivity contribution in [1.82, 2.24) is 9.97 Å². The summed E-state index contributed by atoms with van der Waals surface area (Å²) in [6.45, 7) is 3.95. The molecule has 0 saturated heterocycles. The van der Waals surface area contributed by atoms with Gasteiger partial charge in [-0.1, -0.05) is 45.1 Å². The van der Waals surface area contributed by atoms with Gasteiger partial charge in [0.15, 0.2) is 0 Å². The van der Waals surface area contributed by atoms with E-state index >= 15 is 0 Å². The number of para-hydroxylation sites is 1. The van der Waals surface area contributed by atoms with Crippen LogP contribution in [0.5, 0.6) is 0 Å². The van der Waals surface area contributed by atoms with Crippen LogP contribution in [-0.4, -0.2) is 9.97 Å². The second-order valence-electron chi connectivity index (χ2n) is 6.24. The van der Waals surface area contributed by atoms with Gasteiger partial charge in [0.05, 0.1) is 16.6 Å². The van der Waals surface area contributed by atoms with E-state index in [0.29, 0.717) is 5.52 Å². The monoisotopic (exact) mass is 402 g/mol. The topological polar surface area (TPSA) is 25.8 Å². The number of fused-ring (bicyclic) bond motifs is 2. The number of pyridine rings is 2. The first kappa shape index (κ1) is 19.6. The summed E-state index contributed by atoms with van der Waals surface area (Å²) >= 11 is 5.83. The van der Waals surface area contributed by atoms with E-state index in [1.807, 2.05) is 37.3 Å². The largest absolute Gasteiger partial charge is 0.285 e. The summed E-state index contributed by atoms with van der Waals surface area (Å²) in [5, 5.41) is 2.68. The standard InChI is InChI=1S/C11H10F2NP.C10H8ClN/c1-7-5-6-14-10-8(7)3-2-4-9(10)11(12,13)15;1-7-4-5-12-10-6-8(11)2-3-9(7)10/h2-6H,15H2,1H3;2-6H,1H3. The predicted molar refractivity (Wildman–Crippen MR) is 112 cm³/mol. The summed E-state index contributed by atoms with van der Waals surface area (Å²) in [7, 11) is 1.55. The molecular weight excluding hydrogens is 385 g/mol. The average molecular weight is 403 g/mol. The van der Waals surface area contributed by atoms with Crippen LogP contribution in [0.15, 0.2) is 60.9 Å². The summed E-state index contributed by atoms with van der Waals surface area (Å²) in [5.74, 6) is 0. The molecule has 0 aliphatic heterocycles. The zero-order chi connectivity index (χ0) is 19.6. The lowest BCUT2D eigenvalue weighted by molar-refractivity contribution is 0.105. The summed E-state index contributed by atoms with van der Waals surface area (Å²) in [5.41, 5.74) is 0.543. The molecule has 0 amide bonds. The number of aryl methyl sites for hydroxylation is 2. The van der Waals surface area contributed by atoms with Crippen LogP contribution < -0.4 is 0 Å². The molecule has 0 radical (unpaired) electrons. The van der Waals surface area contributed by atoms with Crippen LogP contribution in [0.25, 0.3) is 21.8 Å². The van der Waals surface area contributed by atoms with Gasteiger partial charge in [-0.05, 0) is 49.2 Å². The van der Waals surface area contributed by atoms with E-state index in [1.54, 1.807) is 33.8 Å². The van der Waals surface area contributed by atoms with E-state index in [-0.39, 0.29) is 5.56 Å². The summed E-state index contributed by atoms with van der Waals surface area (Å²) in [4.78, 5) is 8.23. The van der Waals surface area contributed by atoms with Crippen LogP contribution in [0.2, 0.25) is 5.02 Å². The molecule has 2 aromatic carbocycles. The lowest BCUT2D eigenvalue weighted by Gasteiger charge is -2.13. The Morgan fingerprint density at radius 2 is 1.56 bits per heavy atom. The Bertz CT molecular complexity index is 1110. The first-order chi connectivity index (χ1) is 12.8. The predicted octanol–water partition coefficient (Wildman–Crippen LogP) is 6.66. The number of hydrogen-bond acceptors (Lipinski definition) is 2. The number of rotatable bonds is 1. The number of aromatic nitrogens is 2. The van der Waals surface area contributed by atoms with Crippen molar-refractivity contribution in [3.8, 4) is 0 Å². The van der Waals surface area contributed by atoms with Crippen molar-refractivity contribution >= 4 is 42.6 Å². The molecule has 4 aromatic rings. The van der Waals surface area contributed by atoms with E-state index in [9.17, 15) is 8.78 Å². The highest BCUT2D eigenvalue weighted by atomic mass is 35.5. The molecule has 0 aliphatic carbocycles. The Balaban J connectivity index is 0.000000159. The molecule has 27 heavy (non-hydrogen) atoms. The fraction of sp³-hybridized carbons (Fsp3) is 0.143. The Hall–Kier alpha value is -2.16. The summed E-state index contributed by atoms with van der Waals surface area (Å²) in [6, 6.07) is 14.4. The molecule has 2 heterocycles. The average Bonchev–Trinajstić information content (AvgIpc) is 2.61. The maximum atomic E-state index is 13.2. The van der Waals surface area contributed by atoms with Gasteiger partial charge in [-0.3, -0.25) is 9.97 Å². The maximum Gasteiger partial charge on any atom is 0.285 e. The Kier molecular flexibility index (Phi) is 5.69. The van der Waals surface area contributed by atoms with E-state index in [1.165, 1.54) is 17.0 Å². The first-order valence-corrected chi connectivity index (χ1v) is 9.25. The van der Waals surface area contributed by atoms with Crippen molar-refractivity contribution < 1.29 is 8.78 Å². The second-order valence-corrected chi connectivity index (χ2v) is 7.40. The van der Waals surface area contributed by atoms with E-state index in [2.05, 4.69) is 16.9 Å². The molecule has 0 saturated carbocycles. The van der Waals surface area contributed by atoms with Gasteiger partial charge in [0.25, 0.3) is 5.66 Å². The van der Waals surface area contributed by atoms with E-state index in [0.717, 1.165) is 21.5 Å². The molecule has 4 rings (SSSR count). The quantitative estimate of drug-likeness (QED) is 0.332. The van der Waals surface area contributed by atoms with Gasteiger partial charge in [0.1, 0.15) is 0 Å². The minimum atomic E-state index is -2.93. The molecule has 2 nitrogen and oxygen atoms in total. The molecule has 6 heteroatoms. The van der Waals surface area contributed by atoms with Gasteiger partial charge < -0.3 is 0 Å². The number of alkyl halides is 2. The number of benzene rings is 2. The van der Waals surface area contributed by atoms with Gasteiger partial charge in [-0.2, -0.15) is 8.78 Å². The molecule has 1 atom stereocenters. The maximum absolute atomic E-state index is 13.2. The minimum absolute atomic E-state index is 0.0475. The van der Waals surface area contributed by atoms with Crippen molar-refractivity contribution in [2.75, 3.05) is 0 Å². The minimum Gasteiger partial charge on any atom is -0.256 e. The molecule has 2 aromatic heterocycles. The summed E-state index contributed by atoms with van der Waals surface area (Å²) < 4.78 is 26.5.